The molecule has 1 atom stereocenters. The number of rotatable bonds is 5. The van der Waals surface area contributed by atoms with Gasteiger partial charge in [0.15, 0.2) is 0 Å². The quantitative estimate of drug-likeness (QED) is 0.726. The van der Waals surface area contributed by atoms with Gasteiger partial charge in [0.25, 0.3) is 5.91 Å². The van der Waals surface area contributed by atoms with E-state index < -0.39 is 0 Å². The van der Waals surface area contributed by atoms with Crippen LogP contribution in [0.1, 0.15) is 36.1 Å². The van der Waals surface area contributed by atoms with E-state index in [1.165, 1.54) is 5.56 Å². The number of ether oxygens (including phenoxy) is 1. The molecule has 0 N–H and O–H groups in total. The smallest absolute Gasteiger partial charge is 0.257 e. The van der Waals surface area contributed by atoms with Crippen molar-refractivity contribution >= 4 is 17.5 Å². The van der Waals surface area contributed by atoms with Crippen LogP contribution < -0.4 is 4.74 Å². The number of para-hydroxylation sites is 1. The minimum atomic E-state index is -0.151. The molecule has 1 saturated heterocycles. The minimum Gasteiger partial charge on any atom is -0.496 e. The summed E-state index contributed by atoms with van der Waals surface area (Å²) in [5.74, 6) is 0.807. The number of piperazine rings is 1. The summed E-state index contributed by atoms with van der Waals surface area (Å²) in [6, 6.07) is 15.9. The molecule has 168 valence electrons. The average Bonchev–Trinajstić information content (AvgIpc) is 3.25. The molecule has 2 heterocycles. The summed E-state index contributed by atoms with van der Waals surface area (Å²) in [4.78, 5) is 28.9. The van der Waals surface area contributed by atoms with E-state index in [9.17, 15) is 9.59 Å². The lowest BCUT2D eigenvalue weighted by Crippen LogP contribution is -2.50. The summed E-state index contributed by atoms with van der Waals surface area (Å²) in [5, 5.41) is 6.43. The van der Waals surface area contributed by atoms with Crippen LogP contribution >= 0.6 is 0 Å². The van der Waals surface area contributed by atoms with Crippen molar-refractivity contribution in [3.05, 3.63) is 65.2 Å². The van der Waals surface area contributed by atoms with Gasteiger partial charge >= 0.3 is 0 Å². The molecule has 7 heteroatoms. The Hall–Kier alpha value is -3.19. The SMILES string of the molecule is COc1ccccc1C1=NN(C(=O)CN2CCN(C(C)=O)CC2)C(c2ccc(C)cc2)C1. The lowest BCUT2D eigenvalue weighted by atomic mass is 9.97. The standard InChI is InChI=1S/C25H30N4O3/c1-18-8-10-20(11-9-18)23-16-22(21-6-4-5-7-24(21)32-3)26-29(23)25(31)17-27-12-14-28(15-13-27)19(2)30/h4-11,23H,12-17H2,1-3H3. The van der Waals surface area contributed by atoms with Gasteiger partial charge < -0.3 is 9.64 Å². The number of hydrazone groups is 1. The Morgan fingerprint density at radius 1 is 1.03 bits per heavy atom. The van der Waals surface area contributed by atoms with E-state index in [1.807, 2.05) is 29.2 Å². The molecule has 0 spiro atoms. The van der Waals surface area contributed by atoms with Crippen molar-refractivity contribution < 1.29 is 14.3 Å². The van der Waals surface area contributed by atoms with E-state index in [-0.39, 0.29) is 24.4 Å². The maximum Gasteiger partial charge on any atom is 0.257 e. The molecule has 0 aromatic heterocycles. The second kappa shape index (κ2) is 9.53. The van der Waals surface area contributed by atoms with Crippen LogP contribution in [0.15, 0.2) is 53.6 Å². The number of hydrogen-bond acceptors (Lipinski definition) is 5. The molecule has 2 aromatic rings. The van der Waals surface area contributed by atoms with E-state index in [0.717, 1.165) is 22.6 Å². The average molecular weight is 435 g/mol. The van der Waals surface area contributed by atoms with Crippen molar-refractivity contribution in [2.24, 2.45) is 5.10 Å². The second-order valence-corrected chi connectivity index (χ2v) is 8.40. The summed E-state index contributed by atoms with van der Waals surface area (Å²) < 4.78 is 5.54. The Morgan fingerprint density at radius 2 is 1.72 bits per heavy atom. The highest BCUT2D eigenvalue weighted by molar-refractivity contribution is 6.05. The van der Waals surface area contributed by atoms with E-state index in [0.29, 0.717) is 32.6 Å². The molecule has 0 radical (unpaired) electrons. The molecule has 4 rings (SSSR count). The van der Waals surface area contributed by atoms with Crippen LogP contribution in [0.25, 0.3) is 0 Å². The van der Waals surface area contributed by atoms with E-state index in [4.69, 9.17) is 9.84 Å². The monoisotopic (exact) mass is 434 g/mol. The lowest BCUT2D eigenvalue weighted by Gasteiger charge is -2.34. The van der Waals surface area contributed by atoms with E-state index in [1.54, 1.807) is 19.0 Å². The van der Waals surface area contributed by atoms with Gasteiger partial charge in [0.1, 0.15) is 5.75 Å². The third-order valence-corrected chi connectivity index (χ3v) is 6.22. The predicted octanol–water partition coefficient (Wildman–Crippen LogP) is 2.85. The second-order valence-electron chi connectivity index (χ2n) is 8.40. The van der Waals surface area contributed by atoms with Crippen LogP contribution in [-0.4, -0.2) is 72.2 Å². The molecular weight excluding hydrogens is 404 g/mol. The van der Waals surface area contributed by atoms with Gasteiger partial charge in [-0.3, -0.25) is 14.5 Å². The number of methoxy groups -OCH3 is 1. The highest BCUT2D eigenvalue weighted by Gasteiger charge is 2.35. The summed E-state index contributed by atoms with van der Waals surface area (Å²) in [7, 11) is 1.65. The van der Waals surface area contributed by atoms with Crippen LogP contribution in [0, 0.1) is 6.92 Å². The highest BCUT2D eigenvalue weighted by atomic mass is 16.5. The van der Waals surface area contributed by atoms with Crippen LogP contribution in [0.2, 0.25) is 0 Å². The van der Waals surface area contributed by atoms with Crippen molar-refractivity contribution in [3.8, 4) is 5.75 Å². The number of nitrogens with zero attached hydrogens (tertiary/aromatic N) is 4. The van der Waals surface area contributed by atoms with Crippen molar-refractivity contribution in [3.63, 3.8) is 0 Å². The Bertz CT molecular complexity index is 1010. The molecule has 1 fully saturated rings. The Labute approximate surface area is 189 Å². The molecule has 1 unspecified atom stereocenters. The van der Waals surface area contributed by atoms with Gasteiger partial charge in [-0.1, -0.05) is 42.0 Å². The fraction of sp³-hybridized carbons (Fsp3) is 0.400. The summed E-state index contributed by atoms with van der Waals surface area (Å²) in [6.07, 6.45) is 0.632. The predicted molar refractivity (Wildman–Crippen MR) is 124 cm³/mol. The van der Waals surface area contributed by atoms with Gasteiger partial charge in [0.05, 0.1) is 25.4 Å². The number of hydrogen-bond donors (Lipinski definition) is 0. The summed E-state index contributed by atoms with van der Waals surface area (Å²) in [5.41, 5.74) is 4.01. The van der Waals surface area contributed by atoms with E-state index in [2.05, 4.69) is 36.1 Å². The van der Waals surface area contributed by atoms with Gasteiger partial charge in [-0.15, -0.1) is 0 Å². The van der Waals surface area contributed by atoms with Crippen LogP contribution in [0.3, 0.4) is 0 Å². The Balaban J connectivity index is 1.56. The maximum absolute atomic E-state index is 13.4. The molecule has 2 aliphatic rings. The zero-order chi connectivity index (χ0) is 22.7. The molecular formula is C25H30N4O3. The number of benzene rings is 2. The number of amides is 2. The van der Waals surface area contributed by atoms with Gasteiger partial charge in [0, 0.05) is 45.1 Å². The Morgan fingerprint density at radius 3 is 2.38 bits per heavy atom. The van der Waals surface area contributed by atoms with Crippen molar-refractivity contribution in [2.75, 3.05) is 39.8 Å². The molecule has 2 amide bonds. The zero-order valence-electron chi connectivity index (χ0n) is 19.0. The van der Waals surface area contributed by atoms with Gasteiger partial charge in [-0.25, -0.2) is 5.01 Å². The molecule has 2 aromatic carbocycles. The first-order chi connectivity index (χ1) is 15.5. The molecule has 7 nitrogen and oxygen atoms in total. The van der Waals surface area contributed by atoms with Crippen molar-refractivity contribution in [2.45, 2.75) is 26.3 Å². The maximum atomic E-state index is 13.4. The van der Waals surface area contributed by atoms with E-state index >= 15 is 0 Å². The zero-order valence-corrected chi connectivity index (χ0v) is 19.0. The first-order valence-corrected chi connectivity index (χ1v) is 11.0. The molecule has 0 saturated carbocycles. The molecule has 32 heavy (non-hydrogen) atoms. The summed E-state index contributed by atoms with van der Waals surface area (Å²) >= 11 is 0. The highest BCUT2D eigenvalue weighted by Crippen LogP contribution is 2.35. The minimum absolute atomic E-state index is 0.0308. The van der Waals surface area contributed by atoms with Crippen molar-refractivity contribution in [1.82, 2.24) is 14.8 Å². The fourth-order valence-corrected chi connectivity index (χ4v) is 4.32. The van der Waals surface area contributed by atoms with Gasteiger partial charge in [0.2, 0.25) is 5.91 Å². The van der Waals surface area contributed by atoms with Crippen LogP contribution in [-0.2, 0) is 9.59 Å². The number of aryl methyl sites for hydroxylation is 1. The molecule has 0 aliphatic carbocycles. The van der Waals surface area contributed by atoms with Gasteiger partial charge in [-0.2, -0.15) is 5.10 Å². The lowest BCUT2D eigenvalue weighted by molar-refractivity contribution is -0.135. The molecule has 2 aliphatic heterocycles. The van der Waals surface area contributed by atoms with Crippen molar-refractivity contribution in [1.29, 1.82) is 0 Å². The third-order valence-electron chi connectivity index (χ3n) is 6.22. The molecule has 0 bridgehead atoms. The number of carbonyl (C=O) groups is 2. The topological polar surface area (TPSA) is 65.5 Å². The Kier molecular flexibility index (Phi) is 6.55. The van der Waals surface area contributed by atoms with Gasteiger partial charge in [-0.05, 0) is 24.6 Å². The first-order valence-electron chi connectivity index (χ1n) is 11.0. The van der Waals surface area contributed by atoms with Crippen LogP contribution in [0.4, 0.5) is 0 Å². The first kappa shape index (κ1) is 22.0. The normalized spacial score (nSPS) is 19.1. The third kappa shape index (κ3) is 4.67. The summed E-state index contributed by atoms with van der Waals surface area (Å²) in [6.45, 7) is 6.62. The largest absolute Gasteiger partial charge is 0.496 e. The van der Waals surface area contributed by atoms with Crippen LogP contribution in [0.5, 0.6) is 5.75 Å². The fourth-order valence-electron chi connectivity index (χ4n) is 4.32. The number of carbonyl (C=O) groups excluding carboxylic acids is 2.